The summed E-state index contributed by atoms with van der Waals surface area (Å²) in [5, 5.41) is 10.3. The Labute approximate surface area is 125 Å². The van der Waals surface area contributed by atoms with E-state index in [0.717, 1.165) is 25.2 Å². The number of aryl methyl sites for hydroxylation is 1. The number of nitrogens with zero attached hydrogens (tertiary/aromatic N) is 4. The number of nitrogens with two attached hydrogens (primary N) is 2. The Morgan fingerprint density at radius 1 is 1.48 bits per heavy atom. The molecule has 0 saturated carbocycles. The van der Waals surface area contributed by atoms with Crippen LogP contribution in [0.5, 0.6) is 0 Å². The van der Waals surface area contributed by atoms with Gasteiger partial charge < -0.3 is 5.73 Å². The Kier molecular flexibility index (Phi) is 5.14. The van der Waals surface area contributed by atoms with Gasteiger partial charge in [0.25, 0.3) is 0 Å². The summed E-state index contributed by atoms with van der Waals surface area (Å²) in [6, 6.07) is 3.87. The topological polar surface area (TPSA) is 95.2 Å². The largest absolute Gasteiger partial charge is 0.400 e. The number of anilines is 1. The summed E-state index contributed by atoms with van der Waals surface area (Å²) in [7, 11) is 0. The summed E-state index contributed by atoms with van der Waals surface area (Å²) in [5.74, 6) is 6.55. The van der Waals surface area contributed by atoms with Crippen LogP contribution in [-0.4, -0.2) is 29.5 Å². The van der Waals surface area contributed by atoms with E-state index < -0.39 is 0 Å². The van der Waals surface area contributed by atoms with Gasteiger partial charge in [-0.2, -0.15) is 5.26 Å². The van der Waals surface area contributed by atoms with Crippen molar-refractivity contribution in [2.24, 2.45) is 11.6 Å². The molecule has 0 aromatic carbocycles. The van der Waals surface area contributed by atoms with E-state index in [0.29, 0.717) is 17.1 Å². The van der Waals surface area contributed by atoms with Crippen LogP contribution >= 0.6 is 0 Å². The van der Waals surface area contributed by atoms with E-state index in [1.54, 1.807) is 12.3 Å². The minimum atomic E-state index is 0.553. The van der Waals surface area contributed by atoms with Crippen molar-refractivity contribution in [2.45, 2.75) is 26.2 Å². The highest BCUT2D eigenvalue weighted by molar-refractivity contribution is 5.47. The van der Waals surface area contributed by atoms with Crippen molar-refractivity contribution in [3.8, 4) is 6.07 Å². The number of piperidine rings is 1. The van der Waals surface area contributed by atoms with Gasteiger partial charge in [-0.3, -0.25) is 9.91 Å². The summed E-state index contributed by atoms with van der Waals surface area (Å²) in [4.78, 5) is 6.51. The Morgan fingerprint density at radius 3 is 2.81 bits per heavy atom. The standard InChI is InChI=1S/C15H22N6/c1-12-7-15(19-9-13(12)8-16)21(18)11-14(17)10-20-5-3-2-4-6-20/h7,9,11H,2-6,10,17-18H2,1H3/b14-11-. The lowest BCUT2D eigenvalue weighted by Gasteiger charge is -2.26. The average Bonchev–Trinajstić information content (AvgIpc) is 2.48. The lowest BCUT2D eigenvalue weighted by molar-refractivity contribution is 0.245. The number of hydrogen-bond donors (Lipinski definition) is 2. The molecule has 0 aliphatic carbocycles. The minimum Gasteiger partial charge on any atom is -0.400 e. The van der Waals surface area contributed by atoms with Gasteiger partial charge in [0.2, 0.25) is 0 Å². The molecule has 1 aliphatic rings. The first-order valence-electron chi connectivity index (χ1n) is 7.19. The van der Waals surface area contributed by atoms with Crippen molar-refractivity contribution in [2.75, 3.05) is 24.6 Å². The Hall–Kier alpha value is -2.10. The third-order valence-corrected chi connectivity index (χ3v) is 3.64. The van der Waals surface area contributed by atoms with Crippen LogP contribution in [0, 0.1) is 18.3 Å². The molecule has 0 bridgehead atoms. The van der Waals surface area contributed by atoms with Gasteiger partial charge in [0, 0.05) is 24.6 Å². The molecule has 1 aromatic rings. The fourth-order valence-corrected chi connectivity index (χ4v) is 2.46. The minimum absolute atomic E-state index is 0.553. The smallest absolute Gasteiger partial charge is 0.147 e. The SMILES string of the molecule is Cc1cc(N(N)/C=C(\N)CN2CCCCC2)ncc1C#N. The molecule has 1 fully saturated rings. The van der Waals surface area contributed by atoms with Crippen LogP contribution in [0.2, 0.25) is 0 Å². The lowest BCUT2D eigenvalue weighted by Crippen LogP contribution is -2.35. The monoisotopic (exact) mass is 286 g/mol. The van der Waals surface area contributed by atoms with Crippen LogP contribution in [0.25, 0.3) is 0 Å². The maximum absolute atomic E-state index is 8.90. The van der Waals surface area contributed by atoms with Crippen LogP contribution in [0.4, 0.5) is 5.82 Å². The summed E-state index contributed by atoms with van der Waals surface area (Å²) < 4.78 is 0. The number of aromatic nitrogens is 1. The van der Waals surface area contributed by atoms with Gasteiger partial charge in [-0.05, 0) is 44.5 Å². The van der Waals surface area contributed by atoms with Crippen molar-refractivity contribution < 1.29 is 0 Å². The van der Waals surface area contributed by atoms with Gasteiger partial charge in [-0.1, -0.05) is 6.42 Å². The first kappa shape index (κ1) is 15.3. The molecular formula is C15H22N6. The normalized spacial score (nSPS) is 16.5. The van der Waals surface area contributed by atoms with Crippen molar-refractivity contribution in [3.63, 3.8) is 0 Å². The van der Waals surface area contributed by atoms with Crippen LogP contribution in [0.3, 0.4) is 0 Å². The molecule has 0 amide bonds. The van der Waals surface area contributed by atoms with E-state index in [4.69, 9.17) is 16.8 Å². The Bertz CT molecular complexity index is 554. The molecule has 21 heavy (non-hydrogen) atoms. The molecule has 2 rings (SSSR count). The molecule has 6 nitrogen and oxygen atoms in total. The molecular weight excluding hydrogens is 264 g/mol. The van der Waals surface area contributed by atoms with E-state index >= 15 is 0 Å². The molecule has 6 heteroatoms. The Morgan fingerprint density at radius 2 is 2.19 bits per heavy atom. The van der Waals surface area contributed by atoms with Crippen LogP contribution in [0.1, 0.15) is 30.4 Å². The lowest BCUT2D eigenvalue weighted by atomic mass is 10.1. The van der Waals surface area contributed by atoms with Gasteiger partial charge in [0.15, 0.2) is 0 Å². The Balaban J connectivity index is 2.01. The maximum atomic E-state index is 8.90. The van der Waals surface area contributed by atoms with Crippen molar-refractivity contribution >= 4 is 5.82 Å². The van der Waals surface area contributed by atoms with Gasteiger partial charge >= 0.3 is 0 Å². The third-order valence-electron chi connectivity index (χ3n) is 3.64. The average molecular weight is 286 g/mol. The van der Waals surface area contributed by atoms with E-state index in [2.05, 4.69) is 16.0 Å². The van der Waals surface area contributed by atoms with E-state index in [-0.39, 0.29) is 0 Å². The second-order valence-corrected chi connectivity index (χ2v) is 5.42. The van der Waals surface area contributed by atoms with Crippen LogP contribution < -0.4 is 16.6 Å². The van der Waals surface area contributed by atoms with Crippen molar-refractivity contribution in [3.05, 3.63) is 35.3 Å². The molecule has 0 unspecified atom stereocenters. The summed E-state index contributed by atoms with van der Waals surface area (Å²) in [6.07, 6.45) is 6.99. The van der Waals surface area contributed by atoms with E-state index in [1.165, 1.54) is 30.5 Å². The molecule has 4 N–H and O–H groups in total. The van der Waals surface area contributed by atoms with Crippen molar-refractivity contribution in [1.29, 1.82) is 5.26 Å². The highest BCUT2D eigenvalue weighted by Gasteiger charge is 2.11. The predicted molar refractivity (Wildman–Crippen MR) is 82.9 cm³/mol. The van der Waals surface area contributed by atoms with Crippen molar-refractivity contribution in [1.82, 2.24) is 9.88 Å². The molecule has 1 aliphatic heterocycles. The quantitative estimate of drug-likeness (QED) is 0.638. The van der Waals surface area contributed by atoms with Gasteiger partial charge in [0.05, 0.1) is 5.56 Å². The zero-order valence-corrected chi connectivity index (χ0v) is 12.4. The van der Waals surface area contributed by atoms with Gasteiger partial charge in [-0.15, -0.1) is 0 Å². The summed E-state index contributed by atoms with van der Waals surface area (Å²) in [5.41, 5.74) is 8.17. The summed E-state index contributed by atoms with van der Waals surface area (Å²) >= 11 is 0. The first-order valence-corrected chi connectivity index (χ1v) is 7.19. The molecule has 1 aromatic heterocycles. The predicted octanol–water partition coefficient (Wildman–Crippen LogP) is 1.23. The number of hydrogen-bond acceptors (Lipinski definition) is 6. The highest BCUT2D eigenvalue weighted by Crippen LogP contribution is 2.14. The third kappa shape index (κ3) is 4.18. The zero-order valence-electron chi connectivity index (χ0n) is 12.4. The molecule has 2 heterocycles. The number of rotatable bonds is 4. The molecule has 0 radical (unpaired) electrons. The fourth-order valence-electron chi connectivity index (χ4n) is 2.46. The molecule has 112 valence electrons. The zero-order chi connectivity index (χ0) is 15.2. The van der Waals surface area contributed by atoms with Gasteiger partial charge in [0.1, 0.15) is 11.9 Å². The van der Waals surface area contributed by atoms with Crippen LogP contribution in [0.15, 0.2) is 24.2 Å². The van der Waals surface area contributed by atoms with E-state index in [1.807, 2.05) is 6.92 Å². The molecule has 0 atom stereocenters. The molecule has 0 spiro atoms. The summed E-state index contributed by atoms with van der Waals surface area (Å²) in [6.45, 7) is 4.77. The number of hydrazine groups is 1. The number of likely N-dealkylation sites (tertiary alicyclic amines) is 1. The maximum Gasteiger partial charge on any atom is 0.147 e. The second kappa shape index (κ2) is 7.07. The second-order valence-electron chi connectivity index (χ2n) is 5.42. The van der Waals surface area contributed by atoms with Crippen LogP contribution in [-0.2, 0) is 0 Å². The molecule has 1 saturated heterocycles. The van der Waals surface area contributed by atoms with Gasteiger partial charge in [-0.25, -0.2) is 10.8 Å². The number of pyridine rings is 1. The highest BCUT2D eigenvalue weighted by atomic mass is 15.4. The van der Waals surface area contributed by atoms with E-state index in [9.17, 15) is 0 Å². The first-order chi connectivity index (χ1) is 10.1. The fraction of sp³-hybridized carbons (Fsp3) is 0.467. The number of nitriles is 1.